The number of sulfonamides is 1. The predicted molar refractivity (Wildman–Crippen MR) is 135 cm³/mol. The molecule has 0 fully saturated rings. The van der Waals surface area contributed by atoms with Gasteiger partial charge >= 0.3 is 0 Å². The van der Waals surface area contributed by atoms with Crippen molar-refractivity contribution >= 4 is 107 Å². The zero-order valence-corrected chi connectivity index (χ0v) is 22.8. The predicted octanol–water partition coefficient (Wildman–Crippen LogP) is 6.46. The number of benzene rings is 2. The minimum absolute atomic E-state index is 0.128. The average Bonchev–Trinajstić information content (AvgIpc) is 2.72. The van der Waals surface area contributed by atoms with Crippen LogP contribution in [0, 0.1) is 6.92 Å². The first-order chi connectivity index (χ1) is 14.7. The molecular weight excluding hydrogens is 629 g/mol. The van der Waals surface area contributed by atoms with E-state index in [4.69, 9.17) is 69.6 Å². The fourth-order valence-corrected chi connectivity index (χ4v) is 6.49. The van der Waals surface area contributed by atoms with E-state index >= 15 is 0 Å². The average molecular weight is 642 g/mol. The van der Waals surface area contributed by atoms with Gasteiger partial charge in [0.25, 0.3) is 0 Å². The van der Waals surface area contributed by atoms with Crippen LogP contribution in [0.2, 0.25) is 0 Å². The Hall–Kier alpha value is -0.220. The Morgan fingerprint density at radius 2 is 1.44 bits per heavy atom. The molecule has 0 aliphatic heterocycles. The van der Waals surface area contributed by atoms with Crippen LogP contribution in [0.4, 0.5) is 5.69 Å². The third-order valence-corrected chi connectivity index (χ3v) is 10.0. The van der Waals surface area contributed by atoms with Crippen molar-refractivity contribution in [2.75, 3.05) is 5.32 Å². The third-order valence-electron chi connectivity index (χ3n) is 4.67. The summed E-state index contributed by atoms with van der Waals surface area (Å²) < 4.78 is 24.6. The number of aryl methyl sites for hydroxylation is 1. The summed E-state index contributed by atoms with van der Waals surface area (Å²) in [5, 5.41) is 1.66. The van der Waals surface area contributed by atoms with Gasteiger partial charge in [0.15, 0.2) is 5.66 Å². The van der Waals surface area contributed by atoms with Crippen molar-refractivity contribution in [3.8, 4) is 0 Å². The van der Waals surface area contributed by atoms with E-state index in [1.54, 1.807) is 43.3 Å². The highest BCUT2D eigenvalue weighted by Crippen LogP contribution is 2.58. The smallest absolute Gasteiger partial charge is 0.242 e. The molecule has 32 heavy (non-hydrogen) atoms. The van der Waals surface area contributed by atoms with E-state index in [9.17, 15) is 13.2 Å². The fourth-order valence-electron chi connectivity index (χ4n) is 2.91. The molecule has 0 spiro atoms. The number of nitrogens with one attached hydrogen (secondary N) is 2. The van der Waals surface area contributed by atoms with Gasteiger partial charge in [-0.1, -0.05) is 103 Å². The topological polar surface area (TPSA) is 75.3 Å². The SMILES string of the molecule is Cc1ccc(S(=O)(=O)N[C@@]2(Nc3ccc(Br)cc3)C(Cl)=C(Cl)C(=O)C(Cl)(Cl)C2(Cl)Cl)cc1. The van der Waals surface area contributed by atoms with Gasteiger partial charge in [-0.3, -0.25) is 4.79 Å². The van der Waals surface area contributed by atoms with Crippen LogP contribution in [0.1, 0.15) is 5.56 Å². The van der Waals surface area contributed by atoms with Crippen molar-refractivity contribution < 1.29 is 13.2 Å². The quantitative estimate of drug-likeness (QED) is 0.290. The molecule has 1 atom stereocenters. The lowest BCUT2D eigenvalue weighted by molar-refractivity contribution is -0.116. The Morgan fingerprint density at radius 1 is 0.906 bits per heavy atom. The lowest BCUT2D eigenvalue weighted by Crippen LogP contribution is -2.73. The number of carbonyl (C=O) groups is 1. The molecule has 2 aromatic carbocycles. The molecule has 0 radical (unpaired) electrons. The van der Waals surface area contributed by atoms with Gasteiger partial charge in [0, 0.05) is 10.2 Å². The van der Waals surface area contributed by atoms with E-state index < -0.39 is 40.2 Å². The van der Waals surface area contributed by atoms with E-state index in [0.29, 0.717) is 5.69 Å². The van der Waals surface area contributed by atoms with Crippen LogP contribution >= 0.6 is 85.5 Å². The Bertz CT molecular complexity index is 1200. The van der Waals surface area contributed by atoms with Crippen LogP contribution in [-0.4, -0.2) is 28.5 Å². The fraction of sp³-hybridized carbons (Fsp3) is 0.211. The molecule has 13 heteroatoms. The van der Waals surface area contributed by atoms with Crippen LogP contribution in [0.25, 0.3) is 0 Å². The number of anilines is 1. The van der Waals surface area contributed by atoms with Crippen molar-refractivity contribution in [1.29, 1.82) is 0 Å². The van der Waals surface area contributed by atoms with Crippen LogP contribution in [0.3, 0.4) is 0 Å². The number of rotatable bonds is 5. The van der Waals surface area contributed by atoms with Gasteiger partial charge in [-0.15, -0.1) is 0 Å². The maximum Gasteiger partial charge on any atom is 0.242 e. The van der Waals surface area contributed by atoms with Gasteiger partial charge in [-0.2, -0.15) is 4.72 Å². The molecule has 0 saturated carbocycles. The summed E-state index contributed by atoms with van der Waals surface area (Å²) in [4.78, 5) is 12.5. The molecule has 0 bridgehead atoms. The second-order valence-corrected chi connectivity index (χ2v) is 12.9. The third kappa shape index (κ3) is 4.41. The van der Waals surface area contributed by atoms with Crippen LogP contribution in [0.5, 0.6) is 0 Å². The number of hydrogen-bond donors (Lipinski definition) is 2. The Balaban J connectivity index is 2.27. The number of halogens is 7. The van der Waals surface area contributed by atoms with Crippen molar-refractivity contribution in [2.45, 2.75) is 26.1 Å². The maximum atomic E-state index is 13.3. The van der Waals surface area contributed by atoms with Crippen molar-refractivity contribution in [2.24, 2.45) is 0 Å². The van der Waals surface area contributed by atoms with Gasteiger partial charge in [0.1, 0.15) is 5.03 Å². The first kappa shape index (κ1) is 26.4. The zero-order valence-electron chi connectivity index (χ0n) is 15.9. The van der Waals surface area contributed by atoms with E-state index in [1.165, 1.54) is 12.1 Å². The van der Waals surface area contributed by atoms with Crippen LogP contribution in [0.15, 0.2) is 68.0 Å². The second kappa shape index (κ2) is 9.10. The van der Waals surface area contributed by atoms with E-state index in [2.05, 4.69) is 26.0 Å². The normalized spacial score (nSPS) is 22.7. The number of carbonyl (C=O) groups excluding carboxylic acids is 1. The molecular formula is C19H13BrCl6N2O3S. The molecule has 0 saturated heterocycles. The molecule has 1 aliphatic carbocycles. The monoisotopic (exact) mass is 638 g/mol. The van der Waals surface area contributed by atoms with E-state index in [1.807, 2.05) is 0 Å². The maximum absolute atomic E-state index is 13.3. The first-order valence-corrected chi connectivity index (χ1v) is 13.2. The van der Waals surface area contributed by atoms with Crippen LogP contribution in [-0.2, 0) is 14.8 Å². The van der Waals surface area contributed by atoms with Crippen molar-refractivity contribution in [1.82, 2.24) is 4.72 Å². The molecule has 5 nitrogen and oxygen atoms in total. The first-order valence-electron chi connectivity index (χ1n) is 8.66. The lowest BCUT2D eigenvalue weighted by atomic mass is 9.92. The number of hydrogen-bond acceptors (Lipinski definition) is 4. The van der Waals surface area contributed by atoms with Crippen LogP contribution < -0.4 is 10.0 Å². The molecule has 0 heterocycles. The summed E-state index contributed by atoms with van der Waals surface area (Å²) in [6.07, 6.45) is 0. The summed E-state index contributed by atoms with van der Waals surface area (Å²) in [5.41, 5.74) is -1.20. The van der Waals surface area contributed by atoms with Crippen molar-refractivity contribution in [3.05, 3.63) is 68.6 Å². The van der Waals surface area contributed by atoms with Gasteiger partial charge in [-0.25, -0.2) is 8.42 Å². The molecule has 0 amide bonds. The van der Waals surface area contributed by atoms with Crippen molar-refractivity contribution in [3.63, 3.8) is 0 Å². The molecule has 172 valence electrons. The summed E-state index contributed by atoms with van der Waals surface area (Å²) in [6, 6.07) is 12.4. The van der Waals surface area contributed by atoms with Gasteiger partial charge < -0.3 is 5.32 Å². The summed E-state index contributed by atoms with van der Waals surface area (Å²) >= 11 is 41.4. The minimum atomic E-state index is -4.35. The molecule has 3 rings (SSSR count). The highest BCUT2D eigenvalue weighted by Gasteiger charge is 2.71. The second-order valence-electron chi connectivity index (χ2n) is 6.91. The Labute approximate surface area is 223 Å². The highest BCUT2D eigenvalue weighted by molar-refractivity contribution is 9.10. The summed E-state index contributed by atoms with van der Waals surface area (Å²) in [5.74, 6) is -1.08. The molecule has 2 aromatic rings. The number of ketones is 1. The minimum Gasteiger partial charge on any atom is -0.359 e. The number of allylic oxidation sites excluding steroid dienone is 1. The standard InChI is InChI=1S/C19H13BrCl6N2O3S/c1-10-2-8-13(9-3-10)32(30,31)28-18(27-12-6-4-11(20)5-7-12)15(22)14(21)16(29)17(23,24)19(18,25)26/h2-9,27-28H,1H3/t18-/m0/s1. The van der Waals surface area contributed by atoms with E-state index in [-0.39, 0.29) is 4.90 Å². The zero-order chi connectivity index (χ0) is 24.1. The van der Waals surface area contributed by atoms with Gasteiger partial charge in [0.05, 0.1) is 9.93 Å². The summed E-state index contributed by atoms with van der Waals surface area (Å²) in [6.45, 7) is 1.80. The Kier molecular flexibility index (Phi) is 7.50. The highest BCUT2D eigenvalue weighted by atomic mass is 79.9. The number of alkyl halides is 4. The lowest BCUT2D eigenvalue weighted by Gasteiger charge is -2.50. The molecule has 2 N–H and O–H groups in total. The molecule has 0 aromatic heterocycles. The Morgan fingerprint density at radius 3 is 1.97 bits per heavy atom. The summed E-state index contributed by atoms with van der Waals surface area (Å²) in [7, 11) is -4.35. The van der Waals surface area contributed by atoms with Gasteiger partial charge in [-0.05, 0) is 43.3 Å². The molecule has 1 aliphatic rings. The molecule has 0 unspecified atom stereocenters. The largest absolute Gasteiger partial charge is 0.359 e. The number of Topliss-reactive ketones (excluding diaryl/α,β-unsaturated/α-hetero) is 1. The van der Waals surface area contributed by atoms with E-state index in [0.717, 1.165) is 10.0 Å². The van der Waals surface area contributed by atoms with Gasteiger partial charge in [0.2, 0.25) is 24.5 Å².